The quantitative estimate of drug-likeness (QED) is 0.191. The minimum Gasteiger partial charge on any atom is -0.451 e. The molecule has 0 aromatic heterocycles. The lowest BCUT2D eigenvalue weighted by atomic mass is 9.97. The van der Waals surface area contributed by atoms with E-state index in [-0.39, 0.29) is 17.4 Å². The van der Waals surface area contributed by atoms with Gasteiger partial charge in [-0.25, -0.2) is 4.79 Å². The number of ketones is 1. The number of rotatable bonds is 5. The number of nitrogens with one attached hydrogen (secondary N) is 1. The van der Waals surface area contributed by atoms with E-state index >= 15 is 0 Å². The van der Waals surface area contributed by atoms with Crippen LogP contribution in [0.4, 0.5) is 0 Å². The lowest BCUT2D eigenvalue weighted by Gasteiger charge is -2.31. The molecule has 0 spiro atoms. The minimum atomic E-state index is -1.08. The molecule has 0 aliphatic carbocycles. The van der Waals surface area contributed by atoms with Gasteiger partial charge in [0, 0.05) is 13.3 Å². The van der Waals surface area contributed by atoms with E-state index in [1.54, 1.807) is 20.8 Å². The zero-order chi connectivity index (χ0) is 17.1. The number of hydrogen-bond donors (Lipinski definition) is 1. The second-order valence-corrected chi connectivity index (χ2v) is 7.04. The highest BCUT2D eigenvalue weighted by atomic mass is 32.2. The molecule has 0 aromatic rings. The Balaban J connectivity index is 2.95. The Morgan fingerprint density at radius 1 is 1.41 bits per heavy atom. The Kier molecular flexibility index (Phi) is 5.62. The summed E-state index contributed by atoms with van der Waals surface area (Å²) in [7, 11) is 0. The van der Waals surface area contributed by atoms with Gasteiger partial charge in [-0.2, -0.15) is 4.79 Å². The first-order valence-electron chi connectivity index (χ1n) is 6.51. The third-order valence-electron chi connectivity index (χ3n) is 2.59. The summed E-state index contributed by atoms with van der Waals surface area (Å²) in [6.45, 7) is 6.05. The number of amides is 1. The molecule has 1 rings (SSSR count). The van der Waals surface area contributed by atoms with Crippen molar-refractivity contribution in [2.45, 2.75) is 51.0 Å². The number of nitrogens with zero attached hydrogens (tertiary/aromatic N) is 2. The van der Waals surface area contributed by atoms with Crippen molar-refractivity contribution in [2.75, 3.05) is 0 Å². The zero-order valence-electron chi connectivity index (χ0n) is 12.7. The molecule has 0 bridgehead atoms. The number of hydrogen-bond acceptors (Lipinski definition) is 6. The maximum atomic E-state index is 12.4. The predicted molar refractivity (Wildman–Crippen MR) is 78.1 cm³/mol. The van der Waals surface area contributed by atoms with E-state index in [1.807, 2.05) is 0 Å². The molecule has 1 amide bonds. The molecule has 8 nitrogen and oxygen atoms in total. The highest BCUT2D eigenvalue weighted by Crippen LogP contribution is 2.24. The second-order valence-electron chi connectivity index (χ2n) is 5.72. The summed E-state index contributed by atoms with van der Waals surface area (Å²) < 4.78 is 4.99. The monoisotopic (exact) mass is 327 g/mol. The van der Waals surface area contributed by atoms with E-state index in [2.05, 4.69) is 10.1 Å². The summed E-state index contributed by atoms with van der Waals surface area (Å²) in [6, 6.07) is -0.590. The van der Waals surface area contributed by atoms with Crippen molar-refractivity contribution >= 4 is 40.2 Å². The SMILES string of the molecule is CC(=O)SC(C(=O)C(=[N+]=[N-])C(=O)OC(C)(C)C)C1CC(=O)N1. The molecular weight excluding hydrogens is 310 g/mol. The van der Waals surface area contributed by atoms with Gasteiger partial charge >= 0.3 is 11.7 Å². The number of carbonyl (C=O) groups is 4. The molecule has 120 valence electrons. The largest absolute Gasteiger partial charge is 0.451 e. The molecule has 0 saturated carbocycles. The van der Waals surface area contributed by atoms with Gasteiger partial charge < -0.3 is 15.6 Å². The van der Waals surface area contributed by atoms with Crippen LogP contribution in [0, 0.1) is 0 Å². The molecule has 1 aliphatic heterocycles. The van der Waals surface area contributed by atoms with Crippen molar-refractivity contribution in [3.8, 4) is 0 Å². The number of esters is 1. The van der Waals surface area contributed by atoms with E-state index in [0.717, 1.165) is 0 Å². The first-order valence-corrected chi connectivity index (χ1v) is 7.39. The van der Waals surface area contributed by atoms with Crippen LogP contribution in [0.5, 0.6) is 0 Å². The van der Waals surface area contributed by atoms with Gasteiger partial charge in [0.05, 0.1) is 6.04 Å². The van der Waals surface area contributed by atoms with Gasteiger partial charge in [-0.05, 0) is 20.8 Å². The lowest BCUT2D eigenvalue weighted by molar-refractivity contribution is -0.152. The third kappa shape index (κ3) is 4.78. The summed E-state index contributed by atoms with van der Waals surface area (Å²) in [5, 5.41) is 1.08. The maximum absolute atomic E-state index is 12.4. The summed E-state index contributed by atoms with van der Waals surface area (Å²) in [5.74, 6) is -2.20. The Bertz CT molecular complexity index is 567. The van der Waals surface area contributed by atoms with Crippen LogP contribution < -0.4 is 5.32 Å². The standard InChI is InChI=1S/C13H17N3O5S/c1-6(17)22-11(7-5-8(18)15-7)10(19)9(16-14)12(20)21-13(2,3)4/h7,11H,5H2,1-4H3,(H,15,18). The lowest BCUT2D eigenvalue weighted by Crippen LogP contribution is -2.58. The fraction of sp³-hybridized carbons (Fsp3) is 0.615. The molecule has 22 heavy (non-hydrogen) atoms. The van der Waals surface area contributed by atoms with Crippen LogP contribution >= 0.6 is 11.8 Å². The molecule has 1 heterocycles. The number of ether oxygens (including phenoxy) is 1. The van der Waals surface area contributed by atoms with Crippen molar-refractivity contribution in [1.29, 1.82) is 0 Å². The molecular formula is C13H17N3O5S. The number of Topliss-reactive ketones (excluding diaryl/α,β-unsaturated/α-hetero) is 1. The van der Waals surface area contributed by atoms with Crippen molar-refractivity contribution in [3.05, 3.63) is 5.53 Å². The van der Waals surface area contributed by atoms with E-state index in [0.29, 0.717) is 11.8 Å². The molecule has 2 unspecified atom stereocenters. The van der Waals surface area contributed by atoms with Gasteiger partial charge in [0.15, 0.2) is 5.12 Å². The molecule has 1 saturated heterocycles. The van der Waals surface area contributed by atoms with Crippen LogP contribution in [0.25, 0.3) is 5.53 Å². The maximum Gasteiger partial charge on any atom is 0.442 e. The topological polar surface area (TPSA) is 126 Å². The summed E-state index contributed by atoms with van der Waals surface area (Å²) in [6.07, 6.45) is 0.0592. The van der Waals surface area contributed by atoms with E-state index < -0.39 is 34.4 Å². The van der Waals surface area contributed by atoms with Crippen molar-refractivity contribution in [3.63, 3.8) is 0 Å². The first kappa shape index (κ1) is 18.1. The molecule has 1 N–H and O–H groups in total. The normalized spacial score (nSPS) is 18.4. The summed E-state index contributed by atoms with van der Waals surface area (Å²) >= 11 is 0.670. The Morgan fingerprint density at radius 2 is 1.95 bits per heavy atom. The summed E-state index contributed by atoms with van der Waals surface area (Å²) in [4.78, 5) is 49.2. The highest BCUT2D eigenvalue weighted by molar-refractivity contribution is 8.14. The van der Waals surface area contributed by atoms with Crippen LogP contribution in [0.2, 0.25) is 0 Å². The number of carbonyl (C=O) groups excluding carboxylic acids is 4. The molecule has 1 aliphatic rings. The molecule has 1 fully saturated rings. The fourth-order valence-corrected chi connectivity index (χ4v) is 2.62. The molecule has 9 heteroatoms. The van der Waals surface area contributed by atoms with Gasteiger partial charge in [-0.3, -0.25) is 14.4 Å². The molecule has 0 aromatic carbocycles. The van der Waals surface area contributed by atoms with Crippen LogP contribution in [0.1, 0.15) is 34.1 Å². The van der Waals surface area contributed by atoms with Gasteiger partial charge in [0.1, 0.15) is 10.9 Å². The van der Waals surface area contributed by atoms with Crippen LogP contribution in [0.15, 0.2) is 0 Å². The molecule has 2 atom stereocenters. The Hall–Kier alpha value is -1.99. The van der Waals surface area contributed by atoms with Crippen molar-refractivity contribution in [1.82, 2.24) is 5.32 Å². The van der Waals surface area contributed by atoms with Gasteiger partial charge in [0.25, 0.3) is 5.78 Å². The average molecular weight is 327 g/mol. The van der Waals surface area contributed by atoms with E-state index in [1.165, 1.54) is 6.92 Å². The van der Waals surface area contributed by atoms with Gasteiger partial charge in [-0.15, -0.1) is 0 Å². The van der Waals surface area contributed by atoms with E-state index in [9.17, 15) is 19.2 Å². The Labute approximate surface area is 131 Å². The first-order chi connectivity index (χ1) is 10.0. The average Bonchev–Trinajstić information content (AvgIpc) is 2.30. The van der Waals surface area contributed by atoms with Gasteiger partial charge in [0.2, 0.25) is 5.91 Å². The van der Waals surface area contributed by atoms with Crippen molar-refractivity contribution < 1.29 is 28.7 Å². The number of thioether (sulfide) groups is 1. The highest BCUT2D eigenvalue weighted by Gasteiger charge is 2.46. The fourth-order valence-electron chi connectivity index (χ4n) is 1.72. The third-order valence-corrected chi connectivity index (χ3v) is 3.72. The van der Waals surface area contributed by atoms with Crippen LogP contribution in [0.3, 0.4) is 0 Å². The van der Waals surface area contributed by atoms with E-state index in [4.69, 9.17) is 10.3 Å². The van der Waals surface area contributed by atoms with Crippen molar-refractivity contribution in [2.24, 2.45) is 0 Å². The molecule has 0 radical (unpaired) electrons. The second kappa shape index (κ2) is 6.85. The minimum absolute atomic E-state index is 0.0592. The Morgan fingerprint density at radius 3 is 2.32 bits per heavy atom. The smallest absolute Gasteiger partial charge is 0.442 e. The number of β-lactam (4-membered cyclic amide) rings is 1. The van der Waals surface area contributed by atoms with Gasteiger partial charge in [-0.1, -0.05) is 11.8 Å². The predicted octanol–water partition coefficient (Wildman–Crippen LogP) is 0.105. The zero-order valence-corrected chi connectivity index (χ0v) is 13.5. The summed E-state index contributed by atoms with van der Waals surface area (Å²) in [5.41, 5.74) is 7.29. The van der Waals surface area contributed by atoms with Crippen LogP contribution in [-0.2, 0) is 23.9 Å². The van der Waals surface area contributed by atoms with Crippen LogP contribution in [-0.4, -0.2) is 50.2 Å².